The van der Waals surface area contributed by atoms with Gasteiger partial charge in [0, 0.05) is 11.1 Å². The van der Waals surface area contributed by atoms with Crippen molar-refractivity contribution in [3.05, 3.63) is 107 Å². The number of hydrogen-bond acceptors (Lipinski definition) is 6. The average molecular weight is 450 g/mol. The van der Waals surface area contributed by atoms with Crippen molar-refractivity contribution in [2.75, 3.05) is 0 Å². The lowest BCUT2D eigenvalue weighted by molar-refractivity contribution is 0.582. The van der Waals surface area contributed by atoms with Gasteiger partial charge in [0.25, 0.3) is 0 Å². The highest BCUT2D eigenvalue weighted by atomic mass is 19.1. The van der Waals surface area contributed by atoms with Crippen molar-refractivity contribution < 1.29 is 13.2 Å². The van der Waals surface area contributed by atoms with E-state index in [9.17, 15) is 9.18 Å². The Labute approximate surface area is 191 Å². The van der Waals surface area contributed by atoms with Crippen LogP contribution in [0.2, 0.25) is 0 Å². The maximum absolute atomic E-state index is 13.1. The van der Waals surface area contributed by atoms with Gasteiger partial charge in [-0.3, -0.25) is 4.79 Å². The Morgan fingerprint density at radius 3 is 2.59 bits per heavy atom. The summed E-state index contributed by atoms with van der Waals surface area (Å²) in [5, 5.41) is 4.74. The zero-order valence-electron chi connectivity index (χ0n) is 17.6. The van der Waals surface area contributed by atoms with Crippen molar-refractivity contribution >= 4 is 28.4 Å². The molecule has 2 aromatic carbocycles. The quantitative estimate of drug-likeness (QED) is 0.332. The van der Waals surface area contributed by atoms with Crippen LogP contribution in [0.25, 0.3) is 44.8 Å². The Kier molecular flexibility index (Phi) is 4.62. The van der Waals surface area contributed by atoms with Crippen molar-refractivity contribution in [1.82, 2.24) is 14.6 Å². The molecule has 0 aliphatic rings. The average Bonchev–Trinajstić information content (AvgIpc) is 3.53. The Bertz CT molecular complexity index is 1720. The first-order valence-corrected chi connectivity index (χ1v) is 10.4. The first kappa shape index (κ1) is 19.8. The number of aromatic nitrogens is 3. The minimum atomic E-state index is -0.493. The van der Waals surface area contributed by atoms with E-state index in [0.29, 0.717) is 33.5 Å². The van der Waals surface area contributed by atoms with Gasteiger partial charge in [-0.15, -0.1) is 0 Å². The van der Waals surface area contributed by atoms with Crippen LogP contribution in [0.15, 0.2) is 104 Å². The highest BCUT2D eigenvalue weighted by Crippen LogP contribution is 2.36. The molecule has 0 saturated heterocycles. The minimum Gasteiger partial charge on any atom is -0.464 e. The predicted octanol–water partition coefficient (Wildman–Crippen LogP) is 5.49. The van der Waals surface area contributed by atoms with E-state index in [4.69, 9.17) is 8.83 Å². The molecule has 0 radical (unpaired) electrons. The smallest absolute Gasteiger partial charge is 0.317 e. The highest BCUT2D eigenvalue weighted by Gasteiger charge is 2.21. The predicted molar refractivity (Wildman–Crippen MR) is 126 cm³/mol. The number of fused-ring (bicyclic) bond motifs is 3. The summed E-state index contributed by atoms with van der Waals surface area (Å²) in [5.74, 6) is 0.252. The van der Waals surface area contributed by atoms with Crippen LogP contribution in [0.5, 0.6) is 0 Å². The Morgan fingerprint density at radius 2 is 1.82 bits per heavy atom. The highest BCUT2D eigenvalue weighted by molar-refractivity contribution is 6.09. The molecule has 0 N–H and O–H groups in total. The number of hydrogen-bond donors (Lipinski definition) is 0. The summed E-state index contributed by atoms with van der Waals surface area (Å²) >= 11 is 0. The van der Waals surface area contributed by atoms with E-state index in [2.05, 4.69) is 15.1 Å². The largest absolute Gasteiger partial charge is 0.464 e. The third kappa shape index (κ3) is 3.38. The van der Waals surface area contributed by atoms with Crippen molar-refractivity contribution in [2.24, 2.45) is 5.10 Å². The number of rotatable bonds is 4. The first-order valence-electron chi connectivity index (χ1n) is 10.4. The van der Waals surface area contributed by atoms with E-state index in [0.717, 1.165) is 10.2 Å². The zero-order chi connectivity index (χ0) is 23.1. The van der Waals surface area contributed by atoms with Crippen LogP contribution in [0.3, 0.4) is 0 Å². The molecule has 0 unspecified atom stereocenters. The second-order valence-electron chi connectivity index (χ2n) is 7.55. The normalized spacial score (nSPS) is 11.7. The summed E-state index contributed by atoms with van der Waals surface area (Å²) in [5.41, 5.74) is 3.09. The number of benzene rings is 2. The monoisotopic (exact) mass is 450 g/mol. The van der Waals surface area contributed by atoms with Gasteiger partial charge in [0.1, 0.15) is 23.4 Å². The van der Waals surface area contributed by atoms with Gasteiger partial charge in [-0.05, 0) is 35.9 Å². The van der Waals surface area contributed by atoms with Crippen LogP contribution in [0.1, 0.15) is 5.56 Å². The summed E-state index contributed by atoms with van der Waals surface area (Å²) in [6.45, 7) is 0. The Balaban J connectivity index is 1.55. The zero-order valence-corrected chi connectivity index (χ0v) is 17.6. The number of halogens is 1. The van der Waals surface area contributed by atoms with Crippen LogP contribution in [-0.4, -0.2) is 20.9 Å². The number of nitrogens with zero attached hydrogens (tertiary/aromatic N) is 4. The standard InChI is InChI=1S/C26H15FN4O3/c27-18-10-8-16(9-11-18)14-29-31-15-28-23-22-19(21-7-4-12-33-21)13-20(17-5-2-1-3-6-17)30-25(22)34-24(23)26(31)32/h1-15H/b29-14+. The van der Waals surface area contributed by atoms with Gasteiger partial charge in [0.05, 0.1) is 23.6 Å². The maximum Gasteiger partial charge on any atom is 0.317 e. The molecular formula is C26H15FN4O3. The van der Waals surface area contributed by atoms with Gasteiger partial charge in [-0.1, -0.05) is 42.5 Å². The second kappa shape index (κ2) is 7.93. The lowest BCUT2D eigenvalue weighted by atomic mass is 10.0. The van der Waals surface area contributed by atoms with Crippen molar-refractivity contribution in [1.29, 1.82) is 0 Å². The fourth-order valence-electron chi connectivity index (χ4n) is 3.76. The van der Waals surface area contributed by atoms with Crippen LogP contribution in [0, 0.1) is 5.82 Å². The fraction of sp³-hybridized carbons (Fsp3) is 0. The summed E-state index contributed by atoms with van der Waals surface area (Å²) < 4.78 is 25.8. The van der Waals surface area contributed by atoms with Crippen LogP contribution in [-0.2, 0) is 0 Å². The molecule has 164 valence electrons. The lowest BCUT2D eigenvalue weighted by Crippen LogP contribution is -2.16. The van der Waals surface area contributed by atoms with Crippen molar-refractivity contribution in [2.45, 2.75) is 0 Å². The van der Waals surface area contributed by atoms with E-state index >= 15 is 0 Å². The summed E-state index contributed by atoms with van der Waals surface area (Å²) in [6, 6.07) is 20.9. The van der Waals surface area contributed by atoms with Crippen LogP contribution >= 0.6 is 0 Å². The van der Waals surface area contributed by atoms with Crippen LogP contribution < -0.4 is 5.56 Å². The molecule has 0 amide bonds. The molecule has 7 nitrogen and oxygen atoms in total. The molecule has 0 aliphatic carbocycles. The Hall–Kier alpha value is -4.85. The number of furan rings is 2. The molecule has 8 heteroatoms. The van der Waals surface area contributed by atoms with E-state index in [1.807, 2.05) is 42.5 Å². The molecule has 6 aromatic rings. The summed E-state index contributed by atoms with van der Waals surface area (Å²) in [7, 11) is 0. The van der Waals surface area contributed by atoms with Gasteiger partial charge >= 0.3 is 5.56 Å². The molecule has 0 saturated carbocycles. The fourth-order valence-corrected chi connectivity index (χ4v) is 3.76. The summed E-state index contributed by atoms with van der Waals surface area (Å²) in [6.07, 6.45) is 4.34. The topological polar surface area (TPSA) is 86.4 Å². The number of pyridine rings is 1. The molecule has 4 aromatic heterocycles. The van der Waals surface area contributed by atoms with Gasteiger partial charge in [-0.25, -0.2) is 14.4 Å². The third-order valence-corrected chi connectivity index (χ3v) is 5.39. The first-order chi connectivity index (χ1) is 16.7. The molecule has 6 rings (SSSR count). The second-order valence-corrected chi connectivity index (χ2v) is 7.55. The molecule has 0 aliphatic heterocycles. The maximum atomic E-state index is 13.1. The van der Waals surface area contributed by atoms with Crippen LogP contribution in [0.4, 0.5) is 4.39 Å². The van der Waals surface area contributed by atoms with Gasteiger partial charge in [0.15, 0.2) is 0 Å². The van der Waals surface area contributed by atoms with Gasteiger partial charge in [-0.2, -0.15) is 9.78 Å². The molecule has 0 fully saturated rings. The minimum absolute atomic E-state index is 0.0271. The van der Waals surface area contributed by atoms with Crippen molar-refractivity contribution in [3.8, 4) is 22.6 Å². The molecule has 0 atom stereocenters. The van der Waals surface area contributed by atoms with E-state index in [1.54, 1.807) is 24.5 Å². The molecular weight excluding hydrogens is 435 g/mol. The van der Waals surface area contributed by atoms with E-state index in [1.165, 1.54) is 24.7 Å². The van der Waals surface area contributed by atoms with Crippen molar-refractivity contribution in [3.63, 3.8) is 0 Å². The molecule has 4 heterocycles. The summed E-state index contributed by atoms with van der Waals surface area (Å²) in [4.78, 5) is 22.2. The molecule has 0 bridgehead atoms. The SMILES string of the molecule is O=c1c2oc3nc(-c4ccccc4)cc(-c4ccco4)c3c2ncn1/N=C/c1ccc(F)cc1. The third-order valence-electron chi connectivity index (χ3n) is 5.39. The molecule has 34 heavy (non-hydrogen) atoms. The van der Waals surface area contributed by atoms with Gasteiger partial charge < -0.3 is 8.83 Å². The lowest BCUT2D eigenvalue weighted by Gasteiger charge is -2.05. The Morgan fingerprint density at radius 1 is 1.00 bits per heavy atom. The molecule has 0 spiro atoms. The van der Waals surface area contributed by atoms with E-state index in [-0.39, 0.29) is 17.1 Å². The van der Waals surface area contributed by atoms with Gasteiger partial charge in [0.2, 0.25) is 11.3 Å². The van der Waals surface area contributed by atoms with E-state index < -0.39 is 5.56 Å².